The number of hydrogen-bond donors (Lipinski definition) is 3. The van der Waals surface area contributed by atoms with Crippen molar-refractivity contribution < 1.29 is 24.2 Å². The number of carboxylic acids is 1. The topological polar surface area (TPSA) is 105 Å². The summed E-state index contributed by atoms with van der Waals surface area (Å²) in [6.07, 6.45) is 0.334. The van der Waals surface area contributed by atoms with Crippen LogP contribution in [-0.4, -0.2) is 42.3 Å². The number of carboxylic acid groups (broad SMARTS) is 1. The maximum Gasteiger partial charge on any atom is 0.407 e. The lowest BCUT2D eigenvalue weighted by Crippen LogP contribution is -2.45. The van der Waals surface area contributed by atoms with E-state index in [1.54, 1.807) is 13.8 Å². The summed E-state index contributed by atoms with van der Waals surface area (Å²) in [5.74, 6) is -1.43. The molecule has 3 rings (SSSR count). The van der Waals surface area contributed by atoms with Gasteiger partial charge in [-0.1, -0.05) is 76.2 Å². The number of nitrogens with one attached hydrogen (secondary N) is 2. The van der Waals surface area contributed by atoms with E-state index in [2.05, 4.69) is 34.9 Å². The van der Waals surface area contributed by atoms with Gasteiger partial charge in [0.15, 0.2) is 0 Å². The number of carbonyl (C=O) groups excluding carboxylic acids is 2. The Hall–Kier alpha value is -3.35. The summed E-state index contributed by atoms with van der Waals surface area (Å²) in [6.45, 7) is 8.11. The summed E-state index contributed by atoms with van der Waals surface area (Å²) >= 11 is 0. The van der Waals surface area contributed by atoms with Crippen molar-refractivity contribution in [1.82, 2.24) is 10.6 Å². The van der Waals surface area contributed by atoms with E-state index in [9.17, 15) is 19.5 Å². The molecule has 2 amide bonds. The molecule has 1 unspecified atom stereocenters. The second-order valence-electron chi connectivity index (χ2n) is 10.0. The Kier molecular flexibility index (Phi) is 8.90. The van der Waals surface area contributed by atoms with Crippen LogP contribution in [0.2, 0.25) is 0 Å². The van der Waals surface area contributed by atoms with Gasteiger partial charge in [-0.3, -0.25) is 4.79 Å². The van der Waals surface area contributed by atoms with E-state index in [0.717, 1.165) is 17.5 Å². The van der Waals surface area contributed by atoms with Crippen LogP contribution in [0, 0.1) is 17.8 Å². The van der Waals surface area contributed by atoms with Crippen LogP contribution in [-0.2, 0) is 14.3 Å². The van der Waals surface area contributed by atoms with Gasteiger partial charge in [-0.2, -0.15) is 0 Å². The minimum Gasteiger partial charge on any atom is -0.480 e. The number of fused-ring (bicyclic) bond motifs is 3. The summed E-state index contributed by atoms with van der Waals surface area (Å²) in [5.41, 5.74) is 4.63. The molecular weight excluding hydrogens is 444 g/mol. The summed E-state index contributed by atoms with van der Waals surface area (Å²) in [7, 11) is 0. The monoisotopic (exact) mass is 480 g/mol. The van der Waals surface area contributed by atoms with Crippen molar-refractivity contribution in [2.45, 2.75) is 52.5 Å². The van der Waals surface area contributed by atoms with Gasteiger partial charge in [-0.15, -0.1) is 0 Å². The lowest BCUT2D eigenvalue weighted by Gasteiger charge is -2.22. The normalized spacial score (nSPS) is 14.2. The maximum absolute atomic E-state index is 12.5. The quantitative estimate of drug-likeness (QED) is 0.428. The van der Waals surface area contributed by atoms with Gasteiger partial charge in [0.1, 0.15) is 12.6 Å². The first kappa shape index (κ1) is 26.3. The third-order valence-corrected chi connectivity index (χ3v) is 6.41. The Morgan fingerprint density at radius 3 is 2.03 bits per heavy atom. The van der Waals surface area contributed by atoms with Gasteiger partial charge in [0.2, 0.25) is 5.91 Å². The first-order valence-corrected chi connectivity index (χ1v) is 12.3. The highest BCUT2D eigenvalue weighted by atomic mass is 16.5. The zero-order valence-corrected chi connectivity index (χ0v) is 20.9. The molecule has 2 aromatic carbocycles. The van der Waals surface area contributed by atoms with Gasteiger partial charge in [-0.25, -0.2) is 9.59 Å². The lowest BCUT2D eigenvalue weighted by molar-refractivity contribution is -0.143. The molecule has 7 heteroatoms. The van der Waals surface area contributed by atoms with Gasteiger partial charge >= 0.3 is 12.1 Å². The Balaban J connectivity index is 1.56. The Morgan fingerprint density at radius 1 is 0.943 bits per heavy atom. The SMILES string of the molecule is CC(C)CC(CNC(=O)OCC1c2ccccc2-c2ccccc21)CC(=O)N[C@H](C(=O)O)C(C)C. The van der Waals surface area contributed by atoms with Crippen LogP contribution in [0.3, 0.4) is 0 Å². The molecule has 1 aliphatic carbocycles. The number of carbonyl (C=O) groups is 3. The average molecular weight is 481 g/mol. The molecule has 0 aliphatic heterocycles. The Bertz CT molecular complexity index is 1000. The second-order valence-corrected chi connectivity index (χ2v) is 10.0. The van der Waals surface area contributed by atoms with Crippen molar-refractivity contribution in [3.8, 4) is 11.1 Å². The number of alkyl carbamates (subject to hydrolysis) is 1. The van der Waals surface area contributed by atoms with E-state index in [-0.39, 0.29) is 43.2 Å². The molecule has 7 nitrogen and oxygen atoms in total. The van der Waals surface area contributed by atoms with E-state index in [1.807, 2.05) is 38.1 Å². The van der Waals surface area contributed by atoms with Crippen molar-refractivity contribution in [2.24, 2.45) is 17.8 Å². The summed E-state index contributed by atoms with van der Waals surface area (Å²) in [5, 5.41) is 14.7. The fraction of sp³-hybridized carbons (Fsp3) is 0.464. The molecule has 0 bridgehead atoms. The molecule has 0 fully saturated rings. The van der Waals surface area contributed by atoms with Crippen molar-refractivity contribution >= 4 is 18.0 Å². The van der Waals surface area contributed by atoms with Gasteiger partial charge in [0.05, 0.1) is 0 Å². The summed E-state index contributed by atoms with van der Waals surface area (Å²) in [4.78, 5) is 36.5. The highest BCUT2D eigenvalue weighted by Gasteiger charge is 2.29. The van der Waals surface area contributed by atoms with Gasteiger partial charge < -0.3 is 20.5 Å². The smallest absolute Gasteiger partial charge is 0.407 e. The van der Waals surface area contributed by atoms with Gasteiger partial charge in [0.25, 0.3) is 0 Å². The van der Waals surface area contributed by atoms with Crippen LogP contribution in [0.1, 0.15) is 57.6 Å². The first-order valence-electron chi connectivity index (χ1n) is 12.3. The van der Waals surface area contributed by atoms with Crippen molar-refractivity contribution in [2.75, 3.05) is 13.2 Å². The highest BCUT2D eigenvalue weighted by Crippen LogP contribution is 2.44. The average Bonchev–Trinajstić information content (AvgIpc) is 3.12. The van der Waals surface area contributed by atoms with Crippen LogP contribution >= 0.6 is 0 Å². The van der Waals surface area contributed by atoms with Crippen LogP contribution in [0.5, 0.6) is 0 Å². The fourth-order valence-corrected chi connectivity index (χ4v) is 4.79. The van der Waals surface area contributed by atoms with E-state index in [4.69, 9.17) is 4.74 Å². The maximum atomic E-state index is 12.5. The zero-order valence-electron chi connectivity index (χ0n) is 20.9. The zero-order chi connectivity index (χ0) is 25.5. The Morgan fingerprint density at radius 2 is 1.51 bits per heavy atom. The molecule has 2 atom stereocenters. The van der Waals surface area contributed by atoms with E-state index < -0.39 is 18.1 Å². The molecule has 0 spiro atoms. The van der Waals surface area contributed by atoms with E-state index in [0.29, 0.717) is 5.92 Å². The van der Waals surface area contributed by atoms with Crippen molar-refractivity contribution in [3.05, 3.63) is 59.7 Å². The highest BCUT2D eigenvalue weighted by molar-refractivity contribution is 5.84. The fourth-order valence-electron chi connectivity index (χ4n) is 4.79. The minimum atomic E-state index is -1.05. The van der Waals surface area contributed by atoms with Crippen molar-refractivity contribution in [3.63, 3.8) is 0 Å². The molecule has 0 saturated heterocycles. The van der Waals surface area contributed by atoms with Crippen LogP contribution in [0.15, 0.2) is 48.5 Å². The van der Waals surface area contributed by atoms with E-state index in [1.165, 1.54) is 11.1 Å². The largest absolute Gasteiger partial charge is 0.480 e. The van der Waals surface area contributed by atoms with Gasteiger partial charge in [-0.05, 0) is 46.4 Å². The summed E-state index contributed by atoms with van der Waals surface area (Å²) < 4.78 is 5.60. The lowest BCUT2D eigenvalue weighted by atomic mass is 9.93. The minimum absolute atomic E-state index is 0.0191. The third kappa shape index (κ3) is 6.84. The first-order chi connectivity index (χ1) is 16.7. The number of ether oxygens (including phenoxy) is 1. The van der Waals surface area contributed by atoms with Crippen molar-refractivity contribution in [1.29, 1.82) is 0 Å². The summed E-state index contributed by atoms with van der Waals surface area (Å²) in [6, 6.07) is 15.4. The van der Waals surface area contributed by atoms with E-state index >= 15 is 0 Å². The van der Waals surface area contributed by atoms with Crippen LogP contribution < -0.4 is 10.6 Å². The number of hydrogen-bond acceptors (Lipinski definition) is 4. The standard InChI is InChI=1S/C28H36N2O5/c1-17(2)13-19(14-25(31)30-26(18(3)4)27(32)33)15-29-28(34)35-16-24-22-11-7-5-9-20(22)21-10-6-8-12-23(21)24/h5-12,17-19,24,26H,13-16H2,1-4H3,(H,29,34)(H,30,31)(H,32,33)/t19?,26-/m0/s1. The molecule has 0 saturated carbocycles. The predicted octanol–water partition coefficient (Wildman–Crippen LogP) is 4.80. The Labute approximate surface area is 207 Å². The predicted molar refractivity (Wildman–Crippen MR) is 135 cm³/mol. The second kappa shape index (κ2) is 11.9. The van der Waals surface area contributed by atoms with Gasteiger partial charge in [0, 0.05) is 18.9 Å². The van der Waals surface area contributed by atoms with Crippen LogP contribution in [0.4, 0.5) is 4.79 Å². The molecule has 35 heavy (non-hydrogen) atoms. The molecular formula is C28H36N2O5. The molecule has 3 N–H and O–H groups in total. The molecule has 2 aromatic rings. The molecule has 0 aromatic heterocycles. The number of rotatable bonds is 11. The third-order valence-electron chi connectivity index (χ3n) is 6.41. The molecule has 1 aliphatic rings. The van der Waals surface area contributed by atoms with Crippen LogP contribution in [0.25, 0.3) is 11.1 Å². The molecule has 0 radical (unpaired) electrons. The number of benzene rings is 2. The number of aliphatic carboxylic acids is 1. The number of amides is 2. The molecule has 188 valence electrons. The molecule has 0 heterocycles.